The maximum absolute atomic E-state index is 2.48. The van der Waals surface area contributed by atoms with E-state index in [1.54, 1.807) is 0 Å². The van der Waals surface area contributed by atoms with Crippen LogP contribution in [0.4, 0.5) is 17.1 Å². The average Bonchev–Trinajstić information content (AvgIpc) is 3.53. The largest absolute Gasteiger partial charge is 0.310 e. The maximum Gasteiger partial charge on any atom is 0.0569 e. The Morgan fingerprint density at radius 1 is 0.365 bits per heavy atom. The highest BCUT2D eigenvalue weighted by Gasteiger charge is 2.20. The number of fused-ring (bicyclic) bond motifs is 3. The van der Waals surface area contributed by atoms with Crippen molar-refractivity contribution in [2.75, 3.05) is 4.90 Å². The fourth-order valence-corrected chi connectivity index (χ4v) is 7.58. The molecule has 0 unspecified atom stereocenters. The molecule has 52 heavy (non-hydrogen) atoms. The third-order valence-corrected chi connectivity index (χ3v) is 10.2. The Kier molecular flexibility index (Phi) is 7.98. The van der Waals surface area contributed by atoms with Gasteiger partial charge in [0.1, 0.15) is 0 Å². The Hall–Kier alpha value is -6.64. The molecule has 0 saturated heterocycles. The van der Waals surface area contributed by atoms with Gasteiger partial charge in [0.05, 0.1) is 16.7 Å². The first-order valence-corrected chi connectivity index (χ1v) is 17.9. The molecule has 0 aliphatic rings. The monoisotopic (exact) mass is 666 g/mol. The molecule has 0 saturated carbocycles. The van der Waals surface area contributed by atoms with Crippen LogP contribution < -0.4 is 4.90 Å². The van der Waals surface area contributed by atoms with Crippen molar-refractivity contribution in [3.05, 3.63) is 205 Å². The van der Waals surface area contributed by atoms with Crippen LogP contribution in [-0.2, 0) is 0 Å². The van der Waals surface area contributed by atoms with Crippen molar-refractivity contribution >= 4 is 38.9 Å². The molecule has 0 aliphatic heterocycles. The van der Waals surface area contributed by atoms with E-state index in [0.29, 0.717) is 0 Å². The molecule has 0 bridgehead atoms. The van der Waals surface area contributed by atoms with Crippen molar-refractivity contribution < 1.29 is 0 Å². The second-order valence-electron chi connectivity index (χ2n) is 13.6. The highest BCUT2D eigenvalue weighted by molar-refractivity contribution is 6.11. The normalized spacial score (nSPS) is 11.3. The Balaban J connectivity index is 1.25. The molecule has 0 radical (unpaired) electrons. The molecule has 248 valence electrons. The van der Waals surface area contributed by atoms with Gasteiger partial charge in [0.15, 0.2) is 0 Å². The summed E-state index contributed by atoms with van der Waals surface area (Å²) in [7, 11) is 0. The Bertz CT molecular complexity index is 2570. The number of rotatable bonds is 7. The Morgan fingerprint density at radius 2 is 0.865 bits per heavy atom. The van der Waals surface area contributed by atoms with E-state index in [4.69, 9.17) is 0 Å². The van der Waals surface area contributed by atoms with E-state index in [1.165, 1.54) is 72.0 Å². The van der Waals surface area contributed by atoms with Gasteiger partial charge in [-0.25, -0.2) is 0 Å². The molecule has 0 spiro atoms. The highest BCUT2D eigenvalue weighted by atomic mass is 15.1. The summed E-state index contributed by atoms with van der Waals surface area (Å²) in [5.74, 6) is 0. The number of aryl methyl sites for hydroxylation is 2. The fourth-order valence-electron chi connectivity index (χ4n) is 7.58. The summed E-state index contributed by atoms with van der Waals surface area (Å²) >= 11 is 0. The van der Waals surface area contributed by atoms with Gasteiger partial charge in [-0.15, -0.1) is 0 Å². The van der Waals surface area contributed by atoms with Crippen molar-refractivity contribution in [2.24, 2.45) is 0 Å². The number of benzene rings is 8. The first kappa shape index (κ1) is 31.3. The first-order valence-electron chi connectivity index (χ1n) is 17.9. The summed E-state index contributed by atoms with van der Waals surface area (Å²) < 4.78 is 2.48. The molecule has 9 rings (SSSR count). The molecule has 0 aliphatic carbocycles. The molecule has 0 amide bonds. The SMILES string of the molecule is Cc1ccc(-c2cccc(C)c2-n2c3ccccc3c3ccc(N(c4ccc(-c5ccccc5)cc4)c4ccc(-c5ccccc5)cc4)cc32)cc1. The Labute approximate surface area is 305 Å². The second-order valence-corrected chi connectivity index (χ2v) is 13.6. The maximum atomic E-state index is 2.48. The van der Waals surface area contributed by atoms with Crippen molar-refractivity contribution in [1.82, 2.24) is 4.57 Å². The van der Waals surface area contributed by atoms with Gasteiger partial charge >= 0.3 is 0 Å². The summed E-state index contributed by atoms with van der Waals surface area (Å²) in [5.41, 5.74) is 16.6. The second kappa shape index (κ2) is 13.2. The van der Waals surface area contributed by atoms with Crippen LogP contribution in [0.3, 0.4) is 0 Å². The van der Waals surface area contributed by atoms with Crippen LogP contribution in [-0.4, -0.2) is 4.57 Å². The van der Waals surface area contributed by atoms with Crippen molar-refractivity contribution in [3.63, 3.8) is 0 Å². The Morgan fingerprint density at radius 3 is 1.48 bits per heavy atom. The van der Waals surface area contributed by atoms with Gasteiger partial charge in [0, 0.05) is 33.4 Å². The fraction of sp³-hybridized carbons (Fsp3) is 0.0400. The number of aromatic nitrogens is 1. The molecule has 2 heteroatoms. The zero-order chi connectivity index (χ0) is 35.0. The molecule has 0 atom stereocenters. The van der Waals surface area contributed by atoms with E-state index in [9.17, 15) is 0 Å². The van der Waals surface area contributed by atoms with Crippen LogP contribution >= 0.6 is 0 Å². The van der Waals surface area contributed by atoms with E-state index in [-0.39, 0.29) is 0 Å². The predicted octanol–water partition coefficient (Wildman–Crippen LogP) is 13.9. The number of hydrogen-bond donors (Lipinski definition) is 0. The zero-order valence-corrected chi connectivity index (χ0v) is 29.4. The van der Waals surface area contributed by atoms with Crippen LogP contribution in [0.1, 0.15) is 11.1 Å². The van der Waals surface area contributed by atoms with Gasteiger partial charge in [-0.1, -0.05) is 157 Å². The van der Waals surface area contributed by atoms with E-state index >= 15 is 0 Å². The molecular formula is C50H38N2. The van der Waals surface area contributed by atoms with E-state index < -0.39 is 0 Å². The minimum absolute atomic E-state index is 1.10. The minimum Gasteiger partial charge on any atom is -0.310 e. The van der Waals surface area contributed by atoms with Gasteiger partial charge in [-0.2, -0.15) is 0 Å². The summed E-state index contributed by atoms with van der Waals surface area (Å²) in [6.07, 6.45) is 0. The molecule has 2 nitrogen and oxygen atoms in total. The van der Waals surface area contributed by atoms with Gasteiger partial charge < -0.3 is 9.47 Å². The lowest BCUT2D eigenvalue weighted by atomic mass is 9.99. The summed E-state index contributed by atoms with van der Waals surface area (Å²) in [5, 5.41) is 2.48. The average molecular weight is 667 g/mol. The van der Waals surface area contributed by atoms with Gasteiger partial charge in [-0.3, -0.25) is 0 Å². The van der Waals surface area contributed by atoms with Crippen LogP contribution in [0.2, 0.25) is 0 Å². The van der Waals surface area contributed by atoms with Gasteiger partial charge in [-0.05, 0) is 89.7 Å². The third-order valence-electron chi connectivity index (χ3n) is 10.2. The number of para-hydroxylation sites is 2. The van der Waals surface area contributed by atoms with E-state index in [1.807, 2.05) is 0 Å². The smallest absolute Gasteiger partial charge is 0.0569 e. The molecule has 1 aromatic heterocycles. The minimum atomic E-state index is 1.10. The lowest BCUT2D eigenvalue weighted by molar-refractivity contribution is 1.15. The van der Waals surface area contributed by atoms with Crippen molar-refractivity contribution in [1.29, 1.82) is 0 Å². The lowest BCUT2D eigenvalue weighted by Gasteiger charge is -2.26. The first-order chi connectivity index (χ1) is 25.6. The highest BCUT2D eigenvalue weighted by Crippen LogP contribution is 2.42. The standard InChI is InChI=1S/C50H38N2/c1-35-20-22-41(23-21-35)45-18-11-12-36(2)50(45)52-48-19-10-9-17-46(48)47-33-32-44(34-49(47)52)51(42-28-24-39(25-29-42)37-13-5-3-6-14-37)43-30-26-40(27-31-43)38-15-7-4-8-16-38/h3-34H,1-2H3. The van der Waals surface area contributed by atoms with Crippen LogP contribution in [0.5, 0.6) is 0 Å². The predicted molar refractivity (Wildman–Crippen MR) is 221 cm³/mol. The number of hydrogen-bond acceptors (Lipinski definition) is 1. The number of anilines is 3. The molecule has 1 heterocycles. The van der Waals surface area contributed by atoms with Crippen LogP contribution in [0, 0.1) is 13.8 Å². The number of nitrogens with zero attached hydrogens (tertiary/aromatic N) is 2. The topological polar surface area (TPSA) is 8.17 Å². The molecule has 0 N–H and O–H groups in total. The van der Waals surface area contributed by atoms with E-state index in [2.05, 4.69) is 217 Å². The van der Waals surface area contributed by atoms with Crippen molar-refractivity contribution in [2.45, 2.75) is 13.8 Å². The molecule has 0 fully saturated rings. The van der Waals surface area contributed by atoms with Crippen molar-refractivity contribution in [3.8, 4) is 39.1 Å². The van der Waals surface area contributed by atoms with E-state index in [0.717, 1.165) is 17.1 Å². The summed E-state index contributed by atoms with van der Waals surface area (Å²) in [4.78, 5) is 2.38. The van der Waals surface area contributed by atoms with Crippen LogP contribution in [0.15, 0.2) is 194 Å². The van der Waals surface area contributed by atoms with Gasteiger partial charge in [0.25, 0.3) is 0 Å². The zero-order valence-electron chi connectivity index (χ0n) is 29.4. The lowest BCUT2D eigenvalue weighted by Crippen LogP contribution is -2.10. The summed E-state index contributed by atoms with van der Waals surface area (Å²) in [6.45, 7) is 4.37. The molecular weight excluding hydrogens is 629 g/mol. The molecule has 8 aromatic carbocycles. The van der Waals surface area contributed by atoms with Crippen LogP contribution in [0.25, 0.3) is 60.9 Å². The third kappa shape index (κ3) is 5.65. The van der Waals surface area contributed by atoms with Gasteiger partial charge in [0.2, 0.25) is 0 Å². The summed E-state index contributed by atoms with van der Waals surface area (Å²) in [6, 6.07) is 70.3. The molecule has 9 aromatic rings. The quantitative estimate of drug-likeness (QED) is 0.164.